The maximum Gasteiger partial charge on any atom is 0.270 e. The first-order valence-corrected chi connectivity index (χ1v) is 8.43. The van der Waals surface area contributed by atoms with Gasteiger partial charge in [-0.1, -0.05) is 12.1 Å². The van der Waals surface area contributed by atoms with E-state index in [0.717, 1.165) is 11.3 Å². The molecule has 0 saturated carbocycles. The van der Waals surface area contributed by atoms with Crippen molar-refractivity contribution in [2.75, 3.05) is 12.1 Å². The van der Waals surface area contributed by atoms with Crippen LogP contribution in [0.25, 0.3) is 11.4 Å². The quantitative estimate of drug-likeness (QED) is 0.279. The Morgan fingerprint density at radius 1 is 1.37 bits per heavy atom. The zero-order valence-electron chi connectivity index (χ0n) is 14.3. The summed E-state index contributed by atoms with van der Waals surface area (Å²) in [5.74, 6) is 1.30. The molecule has 3 rings (SSSR count). The van der Waals surface area contributed by atoms with Gasteiger partial charge in [0.15, 0.2) is 5.82 Å². The van der Waals surface area contributed by atoms with Crippen LogP contribution in [0.2, 0.25) is 0 Å². The molecule has 0 unspecified atom stereocenters. The lowest BCUT2D eigenvalue weighted by Gasteiger charge is -2.07. The number of aromatic nitrogens is 3. The van der Waals surface area contributed by atoms with E-state index in [1.165, 1.54) is 23.0 Å². The number of rotatable bonds is 7. The average Bonchev–Trinajstić information content (AvgIpc) is 3.04. The molecule has 1 heterocycles. The summed E-state index contributed by atoms with van der Waals surface area (Å²) in [7, 11) is 0. The average molecular weight is 384 g/mol. The predicted molar refractivity (Wildman–Crippen MR) is 104 cm³/mol. The number of hydrazone groups is 1. The molecule has 2 N–H and O–H groups in total. The highest BCUT2D eigenvalue weighted by molar-refractivity contribution is 7.71. The van der Waals surface area contributed by atoms with Gasteiger partial charge in [0.2, 0.25) is 4.77 Å². The van der Waals surface area contributed by atoms with Gasteiger partial charge < -0.3 is 4.74 Å². The zero-order chi connectivity index (χ0) is 19.2. The molecule has 0 atom stereocenters. The lowest BCUT2D eigenvalue weighted by Crippen LogP contribution is -2.10. The minimum Gasteiger partial charge on any atom is -0.494 e. The van der Waals surface area contributed by atoms with E-state index in [9.17, 15) is 10.1 Å². The Morgan fingerprint density at radius 3 is 2.85 bits per heavy atom. The monoisotopic (exact) mass is 384 g/mol. The van der Waals surface area contributed by atoms with Gasteiger partial charge in [0.1, 0.15) is 5.75 Å². The smallest absolute Gasteiger partial charge is 0.270 e. The van der Waals surface area contributed by atoms with Crippen molar-refractivity contribution >= 4 is 24.1 Å². The zero-order valence-corrected chi connectivity index (χ0v) is 15.1. The number of ether oxygens (including phenoxy) is 1. The Hall–Kier alpha value is -3.53. The summed E-state index contributed by atoms with van der Waals surface area (Å²) in [6.07, 6.45) is 1.46. The van der Waals surface area contributed by atoms with Gasteiger partial charge in [-0.05, 0) is 43.4 Å². The van der Waals surface area contributed by atoms with E-state index in [-0.39, 0.29) is 5.69 Å². The van der Waals surface area contributed by atoms with Crippen molar-refractivity contribution in [2.24, 2.45) is 5.10 Å². The summed E-state index contributed by atoms with van der Waals surface area (Å²) in [6.45, 7) is 2.51. The van der Waals surface area contributed by atoms with Gasteiger partial charge in [0.25, 0.3) is 5.69 Å². The number of nitro benzene ring substituents is 1. The fourth-order valence-corrected chi connectivity index (χ4v) is 2.50. The van der Waals surface area contributed by atoms with Crippen LogP contribution in [0.15, 0.2) is 53.6 Å². The molecule has 0 spiro atoms. The van der Waals surface area contributed by atoms with Crippen molar-refractivity contribution < 1.29 is 9.66 Å². The summed E-state index contributed by atoms with van der Waals surface area (Å²) < 4.78 is 7.26. The van der Waals surface area contributed by atoms with Crippen molar-refractivity contribution in [1.82, 2.24) is 14.9 Å². The molecule has 10 heteroatoms. The van der Waals surface area contributed by atoms with Crippen molar-refractivity contribution in [1.29, 1.82) is 0 Å². The molecule has 27 heavy (non-hydrogen) atoms. The van der Waals surface area contributed by atoms with E-state index in [4.69, 9.17) is 17.0 Å². The minimum atomic E-state index is -0.457. The molecule has 138 valence electrons. The summed E-state index contributed by atoms with van der Waals surface area (Å²) >= 11 is 5.22. The molecule has 0 aliphatic heterocycles. The van der Waals surface area contributed by atoms with Crippen LogP contribution in [0.3, 0.4) is 0 Å². The van der Waals surface area contributed by atoms with Crippen molar-refractivity contribution in [3.8, 4) is 17.1 Å². The number of nitrogens with one attached hydrogen (secondary N) is 2. The largest absolute Gasteiger partial charge is 0.494 e. The van der Waals surface area contributed by atoms with E-state index in [1.807, 2.05) is 31.2 Å². The molecule has 0 aliphatic rings. The number of aromatic amines is 1. The number of nitrogens with zero attached hydrogens (tertiary/aromatic N) is 4. The summed E-state index contributed by atoms with van der Waals surface area (Å²) in [4.78, 5) is 10.4. The molecular weight excluding hydrogens is 368 g/mol. The first-order chi connectivity index (χ1) is 13.1. The van der Waals surface area contributed by atoms with Gasteiger partial charge in [-0.25, -0.2) is 10.6 Å². The lowest BCUT2D eigenvalue weighted by atomic mass is 10.2. The van der Waals surface area contributed by atoms with Crippen LogP contribution in [-0.4, -0.2) is 32.6 Å². The van der Waals surface area contributed by atoms with Gasteiger partial charge in [-0.15, -0.1) is 0 Å². The summed E-state index contributed by atoms with van der Waals surface area (Å²) in [5, 5.41) is 21.8. The van der Waals surface area contributed by atoms with Crippen LogP contribution in [0.4, 0.5) is 5.69 Å². The van der Waals surface area contributed by atoms with Gasteiger partial charge in [0, 0.05) is 23.3 Å². The molecule has 1 aromatic heterocycles. The first kappa shape index (κ1) is 18.3. The van der Waals surface area contributed by atoms with Crippen LogP contribution in [-0.2, 0) is 0 Å². The van der Waals surface area contributed by atoms with Crippen LogP contribution >= 0.6 is 12.2 Å². The topological polar surface area (TPSA) is 110 Å². The lowest BCUT2D eigenvalue weighted by molar-refractivity contribution is -0.384. The maximum atomic E-state index is 10.8. The van der Waals surface area contributed by atoms with E-state index in [0.29, 0.717) is 22.8 Å². The van der Waals surface area contributed by atoms with Crippen LogP contribution < -0.4 is 10.3 Å². The number of H-pyrrole nitrogens is 1. The molecule has 0 amide bonds. The molecule has 2 aromatic carbocycles. The third-order valence-corrected chi connectivity index (χ3v) is 3.82. The Labute approximate surface area is 159 Å². The fraction of sp³-hybridized carbons (Fsp3) is 0.118. The third-order valence-electron chi connectivity index (χ3n) is 3.55. The van der Waals surface area contributed by atoms with Crippen LogP contribution in [0.1, 0.15) is 12.5 Å². The van der Waals surface area contributed by atoms with Gasteiger partial charge >= 0.3 is 0 Å². The van der Waals surface area contributed by atoms with Crippen LogP contribution in [0.5, 0.6) is 5.75 Å². The second-order valence-corrected chi connectivity index (χ2v) is 5.74. The Bertz CT molecular complexity index is 1030. The third kappa shape index (κ3) is 4.36. The summed E-state index contributed by atoms with van der Waals surface area (Å²) in [5.41, 5.74) is 4.17. The standard InChI is InChI=1S/C17H16N6O3S/c1-2-26-15-8-6-13(7-9-15)16-19-20-17(27)22(16)21-18-11-12-4-3-5-14(10-12)23(24)25/h3-11,21H,2H2,1H3,(H,20,27)/b18-11+. The maximum absolute atomic E-state index is 10.8. The van der Waals surface area contributed by atoms with Crippen molar-refractivity contribution in [3.05, 3.63) is 69.0 Å². The van der Waals surface area contributed by atoms with Crippen LogP contribution in [0, 0.1) is 14.9 Å². The molecular formula is C17H16N6O3S. The normalized spacial score (nSPS) is 10.9. The summed E-state index contributed by atoms with van der Waals surface area (Å²) in [6, 6.07) is 13.5. The number of hydrogen-bond acceptors (Lipinski definition) is 7. The number of non-ortho nitro benzene ring substituents is 1. The Balaban J connectivity index is 1.80. The SMILES string of the molecule is CCOc1ccc(-c2n[nH]c(=S)n2N/N=C/c2cccc([N+](=O)[O-])c2)cc1. The molecule has 0 aliphatic carbocycles. The highest BCUT2D eigenvalue weighted by Crippen LogP contribution is 2.20. The highest BCUT2D eigenvalue weighted by Gasteiger charge is 2.09. The Kier molecular flexibility index (Phi) is 5.57. The minimum absolute atomic E-state index is 0.00560. The molecule has 3 aromatic rings. The van der Waals surface area contributed by atoms with E-state index < -0.39 is 4.92 Å². The van der Waals surface area contributed by atoms with E-state index >= 15 is 0 Å². The molecule has 0 saturated heterocycles. The van der Waals surface area contributed by atoms with E-state index in [1.54, 1.807) is 12.1 Å². The molecule has 0 bridgehead atoms. The second kappa shape index (κ2) is 8.23. The number of nitro groups is 1. The molecule has 0 radical (unpaired) electrons. The van der Waals surface area contributed by atoms with Crippen molar-refractivity contribution in [3.63, 3.8) is 0 Å². The molecule has 0 fully saturated rings. The van der Waals surface area contributed by atoms with Gasteiger partial charge in [-0.2, -0.15) is 14.9 Å². The van der Waals surface area contributed by atoms with E-state index in [2.05, 4.69) is 20.8 Å². The van der Waals surface area contributed by atoms with Crippen molar-refractivity contribution in [2.45, 2.75) is 6.92 Å². The second-order valence-electron chi connectivity index (χ2n) is 5.36. The number of benzene rings is 2. The first-order valence-electron chi connectivity index (χ1n) is 8.02. The van der Waals surface area contributed by atoms with Gasteiger partial charge in [0.05, 0.1) is 17.7 Å². The van der Waals surface area contributed by atoms with Gasteiger partial charge in [-0.3, -0.25) is 10.1 Å². The fourth-order valence-electron chi connectivity index (χ4n) is 2.33. The number of hydrogen-bond donors (Lipinski definition) is 2. The molecule has 9 nitrogen and oxygen atoms in total. The Morgan fingerprint density at radius 2 is 2.15 bits per heavy atom. The predicted octanol–water partition coefficient (Wildman–Crippen LogP) is 3.49. The highest BCUT2D eigenvalue weighted by atomic mass is 32.1.